The van der Waals surface area contributed by atoms with Crippen LogP contribution in [0.15, 0.2) is 29.6 Å². The van der Waals surface area contributed by atoms with E-state index in [1.54, 1.807) is 0 Å². The quantitative estimate of drug-likeness (QED) is 0.643. The first-order valence-corrected chi connectivity index (χ1v) is 9.33. The Labute approximate surface area is 139 Å². The van der Waals surface area contributed by atoms with E-state index in [0.29, 0.717) is 5.75 Å². The van der Waals surface area contributed by atoms with Gasteiger partial charge in [0.1, 0.15) is 5.75 Å². The molecule has 0 spiro atoms. The molecule has 0 radical (unpaired) electrons. The second kappa shape index (κ2) is 7.32. The zero-order valence-electron chi connectivity index (χ0n) is 14.3. The SMILES string of the molecule is CCCCc1csc(C(CC)(CC)c2ccc(O)c(C)c2)c1. The van der Waals surface area contributed by atoms with Gasteiger partial charge in [-0.25, -0.2) is 0 Å². The third-order valence-electron chi connectivity index (χ3n) is 4.90. The van der Waals surface area contributed by atoms with Crippen LogP contribution in [0.25, 0.3) is 0 Å². The third-order valence-corrected chi connectivity index (χ3v) is 6.08. The van der Waals surface area contributed by atoms with Crippen molar-refractivity contribution in [3.8, 4) is 5.75 Å². The number of rotatable bonds is 7. The Morgan fingerprint density at radius 3 is 2.41 bits per heavy atom. The van der Waals surface area contributed by atoms with Crippen molar-refractivity contribution in [3.05, 3.63) is 51.2 Å². The van der Waals surface area contributed by atoms with Gasteiger partial charge in [0.05, 0.1) is 0 Å². The predicted octanol–water partition coefficient (Wildman–Crippen LogP) is 6.21. The van der Waals surface area contributed by atoms with Crippen LogP contribution in [-0.4, -0.2) is 5.11 Å². The van der Waals surface area contributed by atoms with E-state index in [0.717, 1.165) is 18.4 Å². The maximum Gasteiger partial charge on any atom is 0.118 e. The average molecular weight is 317 g/mol. The summed E-state index contributed by atoms with van der Waals surface area (Å²) in [4.78, 5) is 1.47. The van der Waals surface area contributed by atoms with E-state index in [1.165, 1.54) is 35.3 Å². The van der Waals surface area contributed by atoms with E-state index >= 15 is 0 Å². The molecule has 0 amide bonds. The number of aryl methyl sites for hydroxylation is 2. The lowest BCUT2D eigenvalue weighted by atomic mass is 9.74. The molecule has 0 unspecified atom stereocenters. The molecule has 1 aromatic heterocycles. The van der Waals surface area contributed by atoms with E-state index in [1.807, 2.05) is 24.3 Å². The molecule has 0 saturated heterocycles. The van der Waals surface area contributed by atoms with Crippen LogP contribution in [0.3, 0.4) is 0 Å². The minimum atomic E-state index is 0.0770. The molecule has 2 aromatic rings. The molecule has 0 aliphatic rings. The molecule has 0 aliphatic carbocycles. The van der Waals surface area contributed by atoms with Crippen molar-refractivity contribution in [2.75, 3.05) is 0 Å². The van der Waals surface area contributed by atoms with Crippen LogP contribution >= 0.6 is 11.3 Å². The molecule has 2 rings (SSSR count). The van der Waals surface area contributed by atoms with Gasteiger partial charge in [-0.15, -0.1) is 11.3 Å². The molecule has 0 aliphatic heterocycles. The van der Waals surface area contributed by atoms with Crippen LogP contribution in [0.4, 0.5) is 0 Å². The first kappa shape index (κ1) is 17.1. The van der Waals surface area contributed by atoms with Gasteiger partial charge in [0.2, 0.25) is 0 Å². The molecular weight excluding hydrogens is 288 g/mol. The van der Waals surface area contributed by atoms with Gasteiger partial charge < -0.3 is 5.11 Å². The largest absolute Gasteiger partial charge is 0.508 e. The molecule has 1 N–H and O–H groups in total. The maximum absolute atomic E-state index is 9.83. The Bertz CT molecular complexity index is 608. The summed E-state index contributed by atoms with van der Waals surface area (Å²) in [5.74, 6) is 0.389. The number of hydrogen-bond donors (Lipinski definition) is 1. The maximum atomic E-state index is 9.83. The van der Waals surface area contributed by atoms with Crippen LogP contribution in [-0.2, 0) is 11.8 Å². The van der Waals surface area contributed by atoms with Crippen LogP contribution in [0.1, 0.15) is 68.0 Å². The summed E-state index contributed by atoms with van der Waals surface area (Å²) in [7, 11) is 0. The van der Waals surface area contributed by atoms with Gasteiger partial charge >= 0.3 is 0 Å². The summed E-state index contributed by atoms with van der Waals surface area (Å²) < 4.78 is 0. The summed E-state index contributed by atoms with van der Waals surface area (Å²) in [6.45, 7) is 8.78. The highest BCUT2D eigenvalue weighted by molar-refractivity contribution is 7.10. The summed E-state index contributed by atoms with van der Waals surface area (Å²) in [5.41, 5.74) is 3.85. The lowest BCUT2D eigenvalue weighted by molar-refractivity contribution is 0.464. The Morgan fingerprint density at radius 2 is 1.82 bits per heavy atom. The van der Waals surface area contributed by atoms with E-state index < -0.39 is 0 Å². The lowest BCUT2D eigenvalue weighted by Crippen LogP contribution is -2.24. The van der Waals surface area contributed by atoms with Gasteiger partial charge in [0.15, 0.2) is 0 Å². The molecule has 0 bridgehead atoms. The Morgan fingerprint density at radius 1 is 1.09 bits per heavy atom. The minimum absolute atomic E-state index is 0.0770. The summed E-state index contributed by atoms with van der Waals surface area (Å²) in [5, 5.41) is 12.2. The van der Waals surface area contributed by atoms with Crippen LogP contribution in [0, 0.1) is 6.92 Å². The summed E-state index contributed by atoms with van der Waals surface area (Å²) in [6, 6.07) is 8.51. The predicted molar refractivity (Wildman–Crippen MR) is 97.1 cm³/mol. The number of benzene rings is 1. The van der Waals surface area contributed by atoms with Crippen LogP contribution < -0.4 is 0 Å². The first-order valence-electron chi connectivity index (χ1n) is 8.45. The van der Waals surface area contributed by atoms with Gasteiger partial charge in [-0.05, 0) is 66.8 Å². The summed E-state index contributed by atoms with van der Waals surface area (Å²) >= 11 is 1.90. The Kier molecular flexibility index (Phi) is 5.69. The lowest BCUT2D eigenvalue weighted by Gasteiger charge is -2.32. The van der Waals surface area contributed by atoms with Gasteiger partial charge in [0.25, 0.3) is 0 Å². The monoisotopic (exact) mass is 316 g/mol. The topological polar surface area (TPSA) is 20.2 Å². The number of unbranched alkanes of at least 4 members (excludes halogenated alkanes) is 1. The fourth-order valence-corrected chi connectivity index (χ4v) is 4.56. The van der Waals surface area contributed by atoms with Crippen molar-refractivity contribution in [1.29, 1.82) is 0 Å². The molecule has 0 saturated carbocycles. The van der Waals surface area contributed by atoms with Crippen molar-refractivity contribution in [2.24, 2.45) is 0 Å². The van der Waals surface area contributed by atoms with Crippen molar-refractivity contribution < 1.29 is 5.11 Å². The molecule has 0 fully saturated rings. The number of thiophene rings is 1. The van der Waals surface area contributed by atoms with Crippen molar-refractivity contribution >= 4 is 11.3 Å². The number of phenolic OH excluding ortho intramolecular Hbond substituents is 1. The normalized spacial score (nSPS) is 11.8. The van der Waals surface area contributed by atoms with Crippen molar-refractivity contribution in [2.45, 2.75) is 65.2 Å². The number of hydrogen-bond acceptors (Lipinski definition) is 2. The van der Waals surface area contributed by atoms with Gasteiger partial charge in [-0.3, -0.25) is 0 Å². The highest BCUT2D eigenvalue weighted by Crippen LogP contribution is 2.43. The Balaban J connectivity index is 2.42. The van der Waals surface area contributed by atoms with Crippen LogP contribution in [0.5, 0.6) is 5.75 Å². The van der Waals surface area contributed by atoms with E-state index in [-0.39, 0.29) is 5.41 Å². The average Bonchev–Trinajstić information content (AvgIpc) is 3.00. The van der Waals surface area contributed by atoms with Gasteiger partial charge in [-0.1, -0.05) is 39.3 Å². The molecule has 120 valence electrons. The third kappa shape index (κ3) is 3.22. The molecule has 1 heterocycles. The van der Waals surface area contributed by atoms with E-state index in [4.69, 9.17) is 0 Å². The van der Waals surface area contributed by atoms with E-state index in [9.17, 15) is 5.11 Å². The molecule has 22 heavy (non-hydrogen) atoms. The molecule has 1 aromatic carbocycles. The second-order valence-electron chi connectivity index (χ2n) is 6.21. The van der Waals surface area contributed by atoms with Gasteiger partial charge in [-0.2, -0.15) is 0 Å². The zero-order chi connectivity index (χ0) is 16.2. The fourth-order valence-electron chi connectivity index (χ4n) is 3.24. The van der Waals surface area contributed by atoms with Crippen molar-refractivity contribution in [3.63, 3.8) is 0 Å². The standard InChI is InChI=1S/C20H28OS/c1-5-8-9-16-13-19(22-14-16)20(6-2,7-3)17-10-11-18(21)15(4)12-17/h10-14,21H,5-9H2,1-4H3. The minimum Gasteiger partial charge on any atom is -0.508 e. The first-order chi connectivity index (χ1) is 10.6. The molecule has 2 heteroatoms. The second-order valence-corrected chi connectivity index (χ2v) is 7.12. The summed E-state index contributed by atoms with van der Waals surface area (Å²) in [6.07, 6.45) is 5.86. The molecular formula is C20H28OS. The van der Waals surface area contributed by atoms with Crippen LogP contribution in [0.2, 0.25) is 0 Å². The number of aromatic hydroxyl groups is 1. The highest BCUT2D eigenvalue weighted by atomic mass is 32.1. The smallest absolute Gasteiger partial charge is 0.118 e. The Hall–Kier alpha value is -1.28. The molecule has 1 nitrogen and oxygen atoms in total. The van der Waals surface area contributed by atoms with E-state index in [2.05, 4.69) is 44.4 Å². The number of phenols is 1. The zero-order valence-corrected chi connectivity index (χ0v) is 15.1. The van der Waals surface area contributed by atoms with Crippen molar-refractivity contribution in [1.82, 2.24) is 0 Å². The van der Waals surface area contributed by atoms with Gasteiger partial charge in [0, 0.05) is 10.3 Å². The fraction of sp³-hybridized carbons (Fsp3) is 0.500. The highest BCUT2D eigenvalue weighted by Gasteiger charge is 2.32. The molecule has 0 atom stereocenters.